The molecule has 0 fully saturated rings. The SMILES string of the molecule is CC[C@H](C(=O)N[C@@H](C)CC)N(Cc1cccc(OC)c1)C(=O)COc1ccc(I)cc1. The highest BCUT2D eigenvalue weighted by molar-refractivity contribution is 14.1. The van der Waals surface area contributed by atoms with Crippen LogP contribution in [0.4, 0.5) is 0 Å². The van der Waals surface area contributed by atoms with Crippen LogP contribution >= 0.6 is 22.6 Å². The second-order valence-electron chi connectivity index (χ2n) is 7.36. The molecule has 0 bridgehead atoms. The lowest BCUT2D eigenvalue weighted by atomic mass is 10.1. The van der Waals surface area contributed by atoms with Crippen molar-refractivity contribution in [2.45, 2.75) is 52.2 Å². The van der Waals surface area contributed by atoms with Gasteiger partial charge in [-0.2, -0.15) is 0 Å². The predicted octanol–water partition coefficient (Wildman–Crippen LogP) is 4.40. The number of carbonyl (C=O) groups is 2. The fraction of sp³-hybridized carbons (Fsp3) is 0.417. The molecule has 0 spiro atoms. The minimum atomic E-state index is -0.590. The van der Waals surface area contributed by atoms with Gasteiger partial charge < -0.3 is 19.7 Å². The summed E-state index contributed by atoms with van der Waals surface area (Å²) in [6, 6.07) is 14.5. The Hall–Kier alpha value is -2.29. The Bertz CT molecular complexity index is 857. The van der Waals surface area contributed by atoms with Crippen molar-refractivity contribution in [1.29, 1.82) is 0 Å². The maximum absolute atomic E-state index is 13.2. The monoisotopic (exact) mass is 538 g/mol. The van der Waals surface area contributed by atoms with Gasteiger partial charge in [-0.25, -0.2) is 0 Å². The third kappa shape index (κ3) is 7.72. The number of hydrogen-bond acceptors (Lipinski definition) is 4. The maximum Gasteiger partial charge on any atom is 0.261 e. The summed E-state index contributed by atoms with van der Waals surface area (Å²) in [7, 11) is 1.60. The molecule has 31 heavy (non-hydrogen) atoms. The zero-order valence-electron chi connectivity index (χ0n) is 18.6. The predicted molar refractivity (Wildman–Crippen MR) is 130 cm³/mol. The first kappa shape index (κ1) is 25.0. The summed E-state index contributed by atoms with van der Waals surface area (Å²) in [6.45, 7) is 6.03. The third-order valence-corrected chi connectivity index (χ3v) is 5.77. The Morgan fingerprint density at radius 3 is 2.39 bits per heavy atom. The molecule has 2 aromatic carbocycles. The van der Waals surface area contributed by atoms with E-state index in [0.29, 0.717) is 24.5 Å². The van der Waals surface area contributed by atoms with Crippen LogP contribution in [-0.4, -0.2) is 42.5 Å². The van der Waals surface area contributed by atoms with E-state index < -0.39 is 6.04 Å². The molecule has 0 aliphatic carbocycles. The van der Waals surface area contributed by atoms with E-state index in [1.807, 2.05) is 69.3 Å². The Morgan fingerprint density at radius 1 is 1.06 bits per heavy atom. The summed E-state index contributed by atoms with van der Waals surface area (Å²) >= 11 is 2.21. The summed E-state index contributed by atoms with van der Waals surface area (Å²) in [5, 5.41) is 3.01. The number of halogens is 1. The highest BCUT2D eigenvalue weighted by Gasteiger charge is 2.29. The van der Waals surface area contributed by atoms with Crippen molar-refractivity contribution in [3.63, 3.8) is 0 Å². The quantitative estimate of drug-likeness (QED) is 0.431. The number of hydrogen-bond donors (Lipinski definition) is 1. The van der Waals surface area contributed by atoms with Gasteiger partial charge in [-0.1, -0.05) is 26.0 Å². The minimum absolute atomic E-state index is 0.0402. The number of amides is 2. The molecule has 7 heteroatoms. The zero-order chi connectivity index (χ0) is 22.8. The lowest BCUT2D eigenvalue weighted by Crippen LogP contribution is -2.51. The molecule has 0 heterocycles. The van der Waals surface area contributed by atoms with Crippen molar-refractivity contribution in [2.24, 2.45) is 0 Å². The van der Waals surface area contributed by atoms with E-state index in [9.17, 15) is 9.59 Å². The first-order chi connectivity index (χ1) is 14.9. The first-order valence-corrected chi connectivity index (χ1v) is 11.6. The fourth-order valence-electron chi connectivity index (χ4n) is 3.09. The molecule has 2 rings (SSSR count). The Kier molecular flexibility index (Phi) is 10.1. The molecule has 0 aliphatic rings. The second kappa shape index (κ2) is 12.5. The number of carbonyl (C=O) groups excluding carboxylic acids is 2. The van der Waals surface area contributed by atoms with Gasteiger partial charge in [0, 0.05) is 16.2 Å². The topological polar surface area (TPSA) is 67.9 Å². The molecular formula is C24H31IN2O4. The van der Waals surface area contributed by atoms with Crippen molar-refractivity contribution < 1.29 is 19.1 Å². The molecule has 0 saturated carbocycles. The van der Waals surface area contributed by atoms with Crippen molar-refractivity contribution in [1.82, 2.24) is 10.2 Å². The molecule has 0 unspecified atom stereocenters. The minimum Gasteiger partial charge on any atom is -0.497 e. The molecule has 2 atom stereocenters. The zero-order valence-corrected chi connectivity index (χ0v) is 20.7. The lowest BCUT2D eigenvalue weighted by Gasteiger charge is -2.31. The van der Waals surface area contributed by atoms with Crippen LogP contribution in [0.1, 0.15) is 39.2 Å². The van der Waals surface area contributed by atoms with Crippen molar-refractivity contribution in [3.8, 4) is 11.5 Å². The molecule has 0 radical (unpaired) electrons. The normalized spacial score (nSPS) is 12.5. The Labute approximate surface area is 198 Å². The van der Waals surface area contributed by atoms with Gasteiger partial charge in [0.05, 0.1) is 7.11 Å². The maximum atomic E-state index is 13.2. The van der Waals surface area contributed by atoms with Crippen LogP contribution < -0.4 is 14.8 Å². The Morgan fingerprint density at radius 2 is 1.77 bits per heavy atom. The largest absolute Gasteiger partial charge is 0.497 e. The fourth-order valence-corrected chi connectivity index (χ4v) is 3.45. The van der Waals surface area contributed by atoms with Gasteiger partial charge in [0.25, 0.3) is 5.91 Å². The van der Waals surface area contributed by atoms with Gasteiger partial charge in [-0.15, -0.1) is 0 Å². The molecule has 6 nitrogen and oxygen atoms in total. The molecule has 168 valence electrons. The van der Waals surface area contributed by atoms with Crippen molar-refractivity contribution in [3.05, 3.63) is 57.7 Å². The van der Waals surface area contributed by atoms with E-state index in [-0.39, 0.29) is 24.5 Å². The molecule has 0 aromatic heterocycles. The van der Waals surface area contributed by atoms with E-state index in [0.717, 1.165) is 15.6 Å². The molecule has 0 aliphatic heterocycles. The van der Waals surface area contributed by atoms with Gasteiger partial charge in [0.2, 0.25) is 5.91 Å². The average Bonchev–Trinajstić information content (AvgIpc) is 2.78. The van der Waals surface area contributed by atoms with Crippen LogP contribution in [0, 0.1) is 3.57 Å². The van der Waals surface area contributed by atoms with Gasteiger partial charge in [-0.05, 0) is 84.3 Å². The summed E-state index contributed by atoms with van der Waals surface area (Å²) < 4.78 is 12.1. The number of nitrogens with one attached hydrogen (secondary N) is 1. The first-order valence-electron chi connectivity index (χ1n) is 10.5. The van der Waals surface area contributed by atoms with Crippen LogP contribution in [0.3, 0.4) is 0 Å². The third-order valence-electron chi connectivity index (χ3n) is 5.05. The molecule has 1 N–H and O–H groups in total. The smallest absolute Gasteiger partial charge is 0.261 e. The van der Waals surface area contributed by atoms with E-state index >= 15 is 0 Å². The number of methoxy groups -OCH3 is 1. The van der Waals surface area contributed by atoms with Gasteiger partial charge >= 0.3 is 0 Å². The van der Waals surface area contributed by atoms with Gasteiger partial charge in [-0.3, -0.25) is 9.59 Å². The Balaban J connectivity index is 2.22. The molecule has 2 aromatic rings. The number of rotatable bonds is 11. The molecule has 0 saturated heterocycles. The second-order valence-corrected chi connectivity index (χ2v) is 8.60. The average molecular weight is 538 g/mol. The number of benzene rings is 2. The van der Waals surface area contributed by atoms with Crippen LogP contribution in [0.15, 0.2) is 48.5 Å². The van der Waals surface area contributed by atoms with E-state index in [4.69, 9.17) is 9.47 Å². The van der Waals surface area contributed by atoms with E-state index in [1.54, 1.807) is 12.0 Å². The molecule has 2 amide bonds. The van der Waals surface area contributed by atoms with Gasteiger partial charge in [0.15, 0.2) is 6.61 Å². The molecular weight excluding hydrogens is 507 g/mol. The summed E-state index contributed by atoms with van der Waals surface area (Å²) in [5.41, 5.74) is 0.886. The van der Waals surface area contributed by atoms with Gasteiger partial charge in [0.1, 0.15) is 17.5 Å². The van der Waals surface area contributed by atoms with Crippen molar-refractivity contribution >= 4 is 34.4 Å². The van der Waals surface area contributed by atoms with Crippen LogP contribution in [-0.2, 0) is 16.1 Å². The highest BCUT2D eigenvalue weighted by Crippen LogP contribution is 2.18. The van der Waals surface area contributed by atoms with E-state index in [2.05, 4.69) is 27.9 Å². The lowest BCUT2D eigenvalue weighted by molar-refractivity contribution is -0.143. The highest BCUT2D eigenvalue weighted by atomic mass is 127. The standard InChI is InChI=1S/C24H31IN2O4/c1-5-17(3)26-24(29)22(6-2)27(15-18-8-7-9-21(14-18)30-4)23(28)16-31-20-12-10-19(25)11-13-20/h7-14,17,22H,5-6,15-16H2,1-4H3,(H,26,29)/t17-,22+/m0/s1. The summed E-state index contributed by atoms with van der Waals surface area (Å²) in [4.78, 5) is 27.7. The number of ether oxygens (including phenoxy) is 2. The summed E-state index contributed by atoms with van der Waals surface area (Å²) in [5.74, 6) is 0.930. The van der Waals surface area contributed by atoms with Crippen LogP contribution in [0.5, 0.6) is 11.5 Å². The van der Waals surface area contributed by atoms with Crippen LogP contribution in [0.2, 0.25) is 0 Å². The van der Waals surface area contributed by atoms with E-state index in [1.165, 1.54) is 0 Å². The van der Waals surface area contributed by atoms with Crippen molar-refractivity contribution in [2.75, 3.05) is 13.7 Å². The van der Waals surface area contributed by atoms with Crippen LogP contribution in [0.25, 0.3) is 0 Å². The summed E-state index contributed by atoms with van der Waals surface area (Å²) in [6.07, 6.45) is 1.32. The number of nitrogens with zero attached hydrogens (tertiary/aromatic N) is 1.